The van der Waals surface area contributed by atoms with Crippen LogP contribution in [0.25, 0.3) is 0 Å². The molecule has 0 aliphatic carbocycles. The van der Waals surface area contributed by atoms with Gasteiger partial charge in [-0.1, -0.05) is 6.07 Å². The highest BCUT2D eigenvalue weighted by Crippen LogP contribution is 2.28. The van der Waals surface area contributed by atoms with Gasteiger partial charge < -0.3 is 24.0 Å². The van der Waals surface area contributed by atoms with Gasteiger partial charge in [0, 0.05) is 36.9 Å². The average Bonchev–Trinajstić information content (AvgIpc) is 3.17. The number of nitrogens with zero attached hydrogens (tertiary/aromatic N) is 2. The second-order valence-electron chi connectivity index (χ2n) is 7.20. The van der Waals surface area contributed by atoms with E-state index in [-0.39, 0.29) is 18.4 Å². The van der Waals surface area contributed by atoms with E-state index in [1.807, 2.05) is 36.1 Å². The number of hydrogen-bond acceptors (Lipinski definition) is 6. The predicted octanol–water partition coefficient (Wildman–Crippen LogP) is 3.14. The zero-order valence-corrected chi connectivity index (χ0v) is 19.8. The van der Waals surface area contributed by atoms with Gasteiger partial charge in [0.15, 0.2) is 11.5 Å². The third-order valence-corrected chi connectivity index (χ3v) is 5.94. The van der Waals surface area contributed by atoms with Gasteiger partial charge in [-0.05, 0) is 43.2 Å². The van der Waals surface area contributed by atoms with E-state index in [1.165, 1.54) is 16.7 Å². The van der Waals surface area contributed by atoms with Crippen molar-refractivity contribution in [1.29, 1.82) is 0 Å². The molecule has 0 aliphatic heterocycles. The molecular weight excluding hydrogens is 416 g/mol. The number of amides is 2. The minimum atomic E-state index is -0.141. The first kappa shape index (κ1) is 24.7. The number of carbonyl (C=O) groups is 2. The lowest BCUT2D eigenvalue weighted by molar-refractivity contribution is -0.140. The number of methoxy groups -OCH3 is 3. The Balaban J connectivity index is 2.14. The second kappa shape index (κ2) is 12.3. The van der Waals surface area contributed by atoms with E-state index in [9.17, 15) is 9.59 Å². The van der Waals surface area contributed by atoms with Crippen LogP contribution in [-0.2, 0) is 27.3 Å². The Morgan fingerprint density at radius 1 is 0.968 bits per heavy atom. The highest BCUT2D eigenvalue weighted by molar-refractivity contribution is 7.11. The molecule has 1 aromatic heterocycles. The Morgan fingerprint density at radius 3 is 2.29 bits per heavy atom. The van der Waals surface area contributed by atoms with E-state index in [0.717, 1.165) is 10.4 Å². The maximum atomic E-state index is 13.1. The van der Waals surface area contributed by atoms with Crippen molar-refractivity contribution in [3.05, 3.63) is 45.6 Å². The van der Waals surface area contributed by atoms with Crippen molar-refractivity contribution in [3.63, 3.8) is 0 Å². The van der Waals surface area contributed by atoms with E-state index >= 15 is 0 Å². The molecular formula is C23H32N2O5S. The lowest BCUT2D eigenvalue weighted by atomic mass is 10.1. The topological polar surface area (TPSA) is 68.3 Å². The van der Waals surface area contributed by atoms with Gasteiger partial charge in [-0.15, -0.1) is 11.3 Å². The van der Waals surface area contributed by atoms with Crippen LogP contribution in [0.5, 0.6) is 11.5 Å². The fraction of sp³-hybridized carbons (Fsp3) is 0.478. The van der Waals surface area contributed by atoms with Crippen molar-refractivity contribution in [1.82, 2.24) is 9.80 Å². The first-order valence-corrected chi connectivity index (χ1v) is 11.0. The summed E-state index contributed by atoms with van der Waals surface area (Å²) in [6, 6.07) is 9.87. The van der Waals surface area contributed by atoms with E-state index in [4.69, 9.17) is 14.2 Å². The van der Waals surface area contributed by atoms with Gasteiger partial charge in [-0.3, -0.25) is 9.59 Å². The molecule has 0 spiro atoms. The van der Waals surface area contributed by atoms with E-state index in [0.29, 0.717) is 44.2 Å². The molecule has 0 atom stereocenters. The summed E-state index contributed by atoms with van der Waals surface area (Å²) in [6.07, 6.45) is 0.661. The second-order valence-corrected chi connectivity index (χ2v) is 8.57. The summed E-state index contributed by atoms with van der Waals surface area (Å²) >= 11 is 1.67. The summed E-state index contributed by atoms with van der Waals surface area (Å²) in [5, 5.41) is 0. The highest BCUT2D eigenvalue weighted by Gasteiger charge is 2.20. The lowest BCUT2D eigenvalue weighted by Gasteiger charge is -2.27. The van der Waals surface area contributed by atoms with Crippen molar-refractivity contribution >= 4 is 23.2 Å². The van der Waals surface area contributed by atoms with Crippen LogP contribution < -0.4 is 9.47 Å². The van der Waals surface area contributed by atoms with Gasteiger partial charge in [0.1, 0.15) is 0 Å². The molecule has 2 rings (SSSR count). The summed E-state index contributed by atoms with van der Waals surface area (Å²) in [7, 11) is 4.78. The summed E-state index contributed by atoms with van der Waals surface area (Å²) in [5.41, 5.74) is 1.04. The fourth-order valence-corrected chi connectivity index (χ4v) is 4.07. The van der Waals surface area contributed by atoms with Crippen LogP contribution >= 0.6 is 11.3 Å². The van der Waals surface area contributed by atoms with Crippen molar-refractivity contribution in [2.45, 2.75) is 26.8 Å². The molecule has 0 bridgehead atoms. The molecule has 0 saturated heterocycles. The van der Waals surface area contributed by atoms with Crippen molar-refractivity contribution in [2.75, 3.05) is 47.6 Å². The molecule has 8 heteroatoms. The number of benzene rings is 1. The fourth-order valence-electron chi connectivity index (χ4n) is 3.16. The van der Waals surface area contributed by atoms with Crippen molar-refractivity contribution < 1.29 is 23.8 Å². The van der Waals surface area contributed by atoms with Crippen LogP contribution in [0, 0.1) is 6.92 Å². The minimum absolute atomic E-state index is 0.0367. The van der Waals surface area contributed by atoms with E-state index in [2.05, 4.69) is 6.07 Å². The number of aryl methyl sites for hydroxylation is 1. The maximum absolute atomic E-state index is 13.1. The standard InChI is InChI=1S/C23H32N2O5S/c1-17-6-8-20(31-17)15-25(23(27)16-24(18(2)26)12-13-28-3)11-10-19-7-9-21(29-4)22(14-19)30-5/h6-9,14H,10-13,15-16H2,1-5H3. The van der Waals surface area contributed by atoms with Crippen molar-refractivity contribution in [3.8, 4) is 11.5 Å². The minimum Gasteiger partial charge on any atom is -0.493 e. The molecule has 0 radical (unpaired) electrons. The van der Waals surface area contributed by atoms with E-state index in [1.54, 1.807) is 32.7 Å². The van der Waals surface area contributed by atoms with Gasteiger partial charge in [-0.2, -0.15) is 0 Å². The molecule has 1 heterocycles. The third kappa shape index (κ3) is 7.56. The first-order chi connectivity index (χ1) is 14.9. The molecule has 31 heavy (non-hydrogen) atoms. The Labute approximate surface area is 188 Å². The smallest absolute Gasteiger partial charge is 0.242 e. The number of hydrogen-bond donors (Lipinski definition) is 0. The molecule has 0 saturated carbocycles. The molecule has 0 aliphatic rings. The molecule has 0 fully saturated rings. The zero-order chi connectivity index (χ0) is 22.8. The van der Waals surface area contributed by atoms with Crippen LogP contribution in [0.3, 0.4) is 0 Å². The average molecular weight is 449 g/mol. The SMILES string of the molecule is COCCN(CC(=O)N(CCc1ccc(OC)c(OC)c1)Cc1ccc(C)s1)C(C)=O. The Kier molecular flexibility index (Phi) is 9.81. The summed E-state index contributed by atoms with van der Waals surface area (Å²) in [5.74, 6) is 1.10. The predicted molar refractivity (Wildman–Crippen MR) is 122 cm³/mol. The third-order valence-electron chi connectivity index (χ3n) is 4.95. The lowest BCUT2D eigenvalue weighted by Crippen LogP contribution is -2.43. The number of ether oxygens (including phenoxy) is 3. The molecule has 7 nitrogen and oxygen atoms in total. The molecule has 2 aromatic rings. The van der Waals surface area contributed by atoms with Crippen LogP contribution in [0.1, 0.15) is 22.2 Å². The van der Waals surface area contributed by atoms with Gasteiger partial charge >= 0.3 is 0 Å². The number of carbonyl (C=O) groups excluding carboxylic acids is 2. The Hall–Kier alpha value is -2.58. The van der Waals surface area contributed by atoms with Gasteiger partial charge in [0.2, 0.25) is 11.8 Å². The van der Waals surface area contributed by atoms with Crippen LogP contribution in [-0.4, -0.2) is 69.2 Å². The monoisotopic (exact) mass is 448 g/mol. The van der Waals surface area contributed by atoms with Crippen LogP contribution in [0.2, 0.25) is 0 Å². The zero-order valence-electron chi connectivity index (χ0n) is 19.0. The Bertz CT molecular complexity index is 867. The van der Waals surface area contributed by atoms with E-state index < -0.39 is 0 Å². The van der Waals surface area contributed by atoms with Gasteiger partial charge in [0.05, 0.1) is 33.9 Å². The largest absolute Gasteiger partial charge is 0.493 e. The van der Waals surface area contributed by atoms with Crippen molar-refractivity contribution in [2.24, 2.45) is 0 Å². The summed E-state index contributed by atoms with van der Waals surface area (Å²) in [6.45, 7) is 5.38. The van der Waals surface area contributed by atoms with Gasteiger partial charge in [-0.25, -0.2) is 0 Å². The molecule has 2 amide bonds. The summed E-state index contributed by atoms with van der Waals surface area (Å²) in [4.78, 5) is 30.7. The molecule has 0 unspecified atom stereocenters. The molecule has 0 N–H and O–H groups in total. The Morgan fingerprint density at radius 2 is 1.71 bits per heavy atom. The molecule has 1 aromatic carbocycles. The normalized spacial score (nSPS) is 10.6. The summed E-state index contributed by atoms with van der Waals surface area (Å²) < 4.78 is 15.8. The number of rotatable bonds is 12. The van der Waals surface area contributed by atoms with Gasteiger partial charge in [0.25, 0.3) is 0 Å². The number of thiophene rings is 1. The molecule has 170 valence electrons. The highest BCUT2D eigenvalue weighted by atomic mass is 32.1. The maximum Gasteiger partial charge on any atom is 0.242 e. The van der Waals surface area contributed by atoms with Crippen LogP contribution in [0.15, 0.2) is 30.3 Å². The quantitative estimate of drug-likeness (QED) is 0.499. The van der Waals surface area contributed by atoms with Crippen LogP contribution in [0.4, 0.5) is 0 Å². The first-order valence-electron chi connectivity index (χ1n) is 10.2.